The van der Waals surface area contributed by atoms with Crippen molar-refractivity contribution in [1.82, 2.24) is 5.32 Å². The number of nitrogens with one attached hydrogen (secondary N) is 1. The van der Waals surface area contributed by atoms with Crippen LogP contribution in [0.3, 0.4) is 0 Å². The first-order valence-electron chi connectivity index (χ1n) is 7.41. The van der Waals surface area contributed by atoms with Crippen molar-refractivity contribution < 1.29 is 4.74 Å². The number of nitrogens with two attached hydrogens (primary N) is 1. The molecule has 0 aliphatic carbocycles. The molecule has 3 heteroatoms. The van der Waals surface area contributed by atoms with Crippen LogP contribution < -0.4 is 15.8 Å². The highest BCUT2D eigenvalue weighted by molar-refractivity contribution is 5.28. The van der Waals surface area contributed by atoms with Gasteiger partial charge in [-0.25, -0.2) is 0 Å². The third-order valence-corrected chi connectivity index (χ3v) is 3.50. The van der Waals surface area contributed by atoms with Crippen LogP contribution in [0.4, 0.5) is 0 Å². The molecule has 0 saturated carbocycles. The molecule has 0 amide bonds. The Hall–Kier alpha value is -1.84. The highest BCUT2D eigenvalue weighted by Crippen LogP contribution is 2.14. The standard InChI is InChI=1S/C18H24N2O/c1-21-18-9-5-8-16(13-18)12-17(19)10-11-20-14-15-6-3-2-4-7-15/h2-9,13,17,20H,10-12,14,19H2,1H3/t17-/m1/s1. The zero-order valence-corrected chi connectivity index (χ0v) is 12.6. The van der Waals surface area contributed by atoms with Gasteiger partial charge in [0.15, 0.2) is 0 Å². The maximum Gasteiger partial charge on any atom is 0.119 e. The Kier molecular flexibility index (Phi) is 6.25. The highest BCUT2D eigenvalue weighted by Gasteiger charge is 2.05. The van der Waals surface area contributed by atoms with Gasteiger partial charge < -0.3 is 15.8 Å². The predicted octanol–water partition coefficient (Wildman–Crippen LogP) is 2.74. The summed E-state index contributed by atoms with van der Waals surface area (Å²) < 4.78 is 5.23. The lowest BCUT2D eigenvalue weighted by Gasteiger charge is -2.13. The maximum atomic E-state index is 6.20. The minimum atomic E-state index is 0.167. The number of methoxy groups -OCH3 is 1. The average molecular weight is 284 g/mol. The SMILES string of the molecule is COc1cccc(C[C@H](N)CCNCc2ccccc2)c1. The summed E-state index contributed by atoms with van der Waals surface area (Å²) in [6.45, 7) is 1.83. The Morgan fingerprint density at radius 3 is 2.57 bits per heavy atom. The smallest absolute Gasteiger partial charge is 0.119 e. The Bertz CT molecular complexity index is 528. The average Bonchev–Trinajstić information content (AvgIpc) is 2.53. The summed E-state index contributed by atoms with van der Waals surface area (Å²) in [7, 11) is 1.69. The Balaban J connectivity index is 1.68. The fraction of sp³-hybridized carbons (Fsp3) is 0.333. The van der Waals surface area contributed by atoms with Crippen LogP contribution in [0.15, 0.2) is 54.6 Å². The fourth-order valence-corrected chi connectivity index (χ4v) is 2.32. The molecule has 112 valence electrons. The van der Waals surface area contributed by atoms with E-state index in [1.54, 1.807) is 7.11 Å². The molecule has 0 unspecified atom stereocenters. The van der Waals surface area contributed by atoms with E-state index in [2.05, 4.69) is 41.7 Å². The minimum Gasteiger partial charge on any atom is -0.497 e. The molecule has 0 aromatic heterocycles. The third-order valence-electron chi connectivity index (χ3n) is 3.50. The summed E-state index contributed by atoms with van der Waals surface area (Å²) >= 11 is 0. The van der Waals surface area contributed by atoms with Crippen LogP contribution in [0.1, 0.15) is 17.5 Å². The van der Waals surface area contributed by atoms with Crippen molar-refractivity contribution in [2.24, 2.45) is 5.73 Å². The van der Waals surface area contributed by atoms with Gasteiger partial charge in [-0.2, -0.15) is 0 Å². The number of rotatable bonds is 8. The van der Waals surface area contributed by atoms with E-state index < -0.39 is 0 Å². The van der Waals surface area contributed by atoms with Crippen LogP contribution >= 0.6 is 0 Å². The normalized spacial score (nSPS) is 12.1. The van der Waals surface area contributed by atoms with Gasteiger partial charge in [0.05, 0.1) is 7.11 Å². The molecule has 1 atom stereocenters. The molecule has 0 spiro atoms. The molecule has 0 aliphatic heterocycles. The molecular weight excluding hydrogens is 260 g/mol. The number of hydrogen-bond acceptors (Lipinski definition) is 3. The van der Waals surface area contributed by atoms with Crippen LogP contribution in [0.5, 0.6) is 5.75 Å². The van der Waals surface area contributed by atoms with Gasteiger partial charge in [-0.1, -0.05) is 42.5 Å². The summed E-state index contributed by atoms with van der Waals surface area (Å²) in [6.07, 6.45) is 1.84. The van der Waals surface area contributed by atoms with Gasteiger partial charge in [-0.3, -0.25) is 0 Å². The van der Waals surface area contributed by atoms with E-state index in [0.717, 1.165) is 31.7 Å². The van der Waals surface area contributed by atoms with Crippen LogP contribution in [0.2, 0.25) is 0 Å². The van der Waals surface area contributed by atoms with E-state index in [0.29, 0.717) is 0 Å². The van der Waals surface area contributed by atoms with Crippen LogP contribution in [-0.4, -0.2) is 19.7 Å². The van der Waals surface area contributed by atoms with Gasteiger partial charge >= 0.3 is 0 Å². The van der Waals surface area contributed by atoms with Gasteiger partial charge in [-0.15, -0.1) is 0 Å². The molecule has 2 rings (SSSR count). The van der Waals surface area contributed by atoms with E-state index in [1.165, 1.54) is 11.1 Å². The van der Waals surface area contributed by atoms with Crippen molar-refractivity contribution in [2.75, 3.05) is 13.7 Å². The van der Waals surface area contributed by atoms with Crippen molar-refractivity contribution in [3.63, 3.8) is 0 Å². The third kappa shape index (κ3) is 5.58. The zero-order chi connectivity index (χ0) is 14.9. The Labute approximate surface area is 127 Å². The molecule has 0 radical (unpaired) electrons. The molecule has 0 bridgehead atoms. The number of benzene rings is 2. The first-order valence-corrected chi connectivity index (χ1v) is 7.41. The summed E-state index contributed by atoms with van der Waals surface area (Å²) in [5.41, 5.74) is 8.73. The second-order valence-electron chi connectivity index (χ2n) is 5.27. The summed E-state index contributed by atoms with van der Waals surface area (Å²) in [5, 5.41) is 3.44. The second kappa shape index (κ2) is 8.45. The zero-order valence-electron chi connectivity index (χ0n) is 12.6. The molecule has 3 N–H and O–H groups in total. The van der Waals surface area contributed by atoms with E-state index in [9.17, 15) is 0 Å². The number of ether oxygens (including phenoxy) is 1. The maximum absolute atomic E-state index is 6.20. The first-order chi connectivity index (χ1) is 10.3. The predicted molar refractivity (Wildman–Crippen MR) is 87.4 cm³/mol. The van der Waals surface area contributed by atoms with Crippen molar-refractivity contribution in [3.05, 3.63) is 65.7 Å². The van der Waals surface area contributed by atoms with Gasteiger partial charge in [-0.05, 0) is 42.6 Å². The van der Waals surface area contributed by atoms with E-state index in [4.69, 9.17) is 10.5 Å². The second-order valence-corrected chi connectivity index (χ2v) is 5.27. The van der Waals surface area contributed by atoms with Gasteiger partial charge in [0.2, 0.25) is 0 Å². The minimum absolute atomic E-state index is 0.167. The van der Waals surface area contributed by atoms with Crippen molar-refractivity contribution in [1.29, 1.82) is 0 Å². The van der Waals surface area contributed by atoms with Crippen LogP contribution in [-0.2, 0) is 13.0 Å². The molecule has 0 saturated heterocycles. The molecule has 2 aromatic rings. The van der Waals surface area contributed by atoms with Gasteiger partial charge in [0.1, 0.15) is 5.75 Å². The first kappa shape index (κ1) is 15.5. The van der Waals surface area contributed by atoms with Crippen LogP contribution in [0, 0.1) is 0 Å². The topological polar surface area (TPSA) is 47.3 Å². The fourth-order valence-electron chi connectivity index (χ4n) is 2.32. The molecule has 0 aliphatic rings. The van der Waals surface area contributed by atoms with E-state index >= 15 is 0 Å². The van der Waals surface area contributed by atoms with E-state index in [1.807, 2.05) is 18.2 Å². The van der Waals surface area contributed by atoms with Crippen molar-refractivity contribution in [3.8, 4) is 5.75 Å². The molecule has 2 aromatic carbocycles. The molecular formula is C18H24N2O. The molecule has 0 heterocycles. The summed E-state index contributed by atoms with van der Waals surface area (Å²) in [6, 6.07) is 18.7. The van der Waals surface area contributed by atoms with Crippen molar-refractivity contribution in [2.45, 2.75) is 25.4 Å². The Morgan fingerprint density at radius 1 is 1.05 bits per heavy atom. The van der Waals surface area contributed by atoms with Gasteiger partial charge in [0.25, 0.3) is 0 Å². The monoisotopic (exact) mass is 284 g/mol. The lowest BCUT2D eigenvalue weighted by atomic mass is 10.0. The van der Waals surface area contributed by atoms with Crippen LogP contribution in [0.25, 0.3) is 0 Å². The molecule has 3 nitrogen and oxygen atoms in total. The highest BCUT2D eigenvalue weighted by atomic mass is 16.5. The Morgan fingerprint density at radius 2 is 1.81 bits per heavy atom. The lowest BCUT2D eigenvalue weighted by molar-refractivity contribution is 0.414. The quantitative estimate of drug-likeness (QED) is 0.733. The van der Waals surface area contributed by atoms with Gasteiger partial charge in [0, 0.05) is 12.6 Å². The largest absolute Gasteiger partial charge is 0.497 e. The van der Waals surface area contributed by atoms with Crippen molar-refractivity contribution >= 4 is 0 Å². The molecule has 0 fully saturated rings. The molecule has 21 heavy (non-hydrogen) atoms. The summed E-state index contributed by atoms with van der Waals surface area (Å²) in [4.78, 5) is 0. The summed E-state index contributed by atoms with van der Waals surface area (Å²) in [5.74, 6) is 0.891. The lowest BCUT2D eigenvalue weighted by Crippen LogP contribution is -2.28. The number of hydrogen-bond donors (Lipinski definition) is 2. The van der Waals surface area contributed by atoms with E-state index in [-0.39, 0.29) is 6.04 Å².